The minimum absolute atomic E-state index is 0.208. The summed E-state index contributed by atoms with van der Waals surface area (Å²) in [5, 5.41) is 0. The molecule has 0 heterocycles. The van der Waals surface area contributed by atoms with E-state index in [0.29, 0.717) is 25.7 Å². The molecule has 0 aromatic carbocycles. The van der Waals surface area contributed by atoms with Gasteiger partial charge in [0.05, 0.1) is 14.2 Å². The molecule has 0 saturated carbocycles. The number of rotatable bonds is 6. The van der Waals surface area contributed by atoms with E-state index >= 15 is 0 Å². The van der Waals surface area contributed by atoms with Crippen molar-refractivity contribution in [1.82, 2.24) is 0 Å². The zero-order valence-corrected chi connectivity index (χ0v) is 10.5. The summed E-state index contributed by atoms with van der Waals surface area (Å²) in [6.45, 7) is 3.94. The summed E-state index contributed by atoms with van der Waals surface area (Å²) < 4.78 is 9.12. The van der Waals surface area contributed by atoms with Crippen LogP contribution in [0, 0.1) is 0 Å². The SMILES string of the molecule is COC(=O)CC/C(C)=C(\C)CCC(=O)OC. The van der Waals surface area contributed by atoms with Gasteiger partial charge in [-0.05, 0) is 26.7 Å². The molecule has 0 atom stereocenters. The molecule has 0 bridgehead atoms. The van der Waals surface area contributed by atoms with Gasteiger partial charge in [-0.1, -0.05) is 11.1 Å². The molecule has 0 N–H and O–H groups in total. The zero-order valence-electron chi connectivity index (χ0n) is 10.5. The maximum Gasteiger partial charge on any atom is 0.305 e. The van der Waals surface area contributed by atoms with E-state index in [-0.39, 0.29) is 11.9 Å². The molecular weight excluding hydrogens is 208 g/mol. The van der Waals surface area contributed by atoms with Crippen LogP contribution in [-0.2, 0) is 19.1 Å². The predicted octanol–water partition coefficient (Wildman–Crippen LogP) is 2.23. The van der Waals surface area contributed by atoms with E-state index in [1.807, 2.05) is 13.8 Å². The summed E-state index contributed by atoms with van der Waals surface area (Å²) in [5.74, 6) is -0.416. The van der Waals surface area contributed by atoms with E-state index in [2.05, 4.69) is 9.47 Å². The van der Waals surface area contributed by atoms with E-state index in [9.17, 15) is 9.59 Å². The molecule has 0 aromatic rings. The van der Waals surface area contributed by atoms with Gasteiger partial charge in [-0.25, -0.2) is 0 Å². The van der Waals surface area contributed by atoms with Crippen molar-refractivity contribution in [2.45, 2.75) is 39.5 Å². The number of carbonyl (C=O) groups excluding carboxylic acids is 2. The Balaban J connectivity index is 4.04. The third-order valence-corrected chi connectivity index (χ3v) is 2.59. The Morgan fingerprint density at radius 1 is 0.750 bits per heavy atom. The maximum atomic E-state index is 10.9. The van der Waals surface area contributed by atoms with Gasteiger partial charge >= 0.3 is 11.9 Å². The second-order valence-corrected chi connectivity index (χ2v) is 3.71. The van der Waals surface area contributed by atoms with Gasteiger partial charge in [0.15, 0.2) is 0 Å². The van der Waals surface area contributed by atoms with Gasteiger partial charge in [0.1, 0.15) is 0 Å². The average Bonchev–Trinajstić information content (AvgIpc) is 2.31. The number of ether oxygens (including phenoxy) is 2. The molecule has 4 nitrogen and oxygen atoms in total. The third-order valence-electron chi connectivity index (χ3n) is 2.59. The first-order valence-electron chi connectivity index (χ1n) is 5.30. The summed E-state index contributed by atoms with van der Waals surface area (Å²) in [6, 6.07) is 0. The van der Waals surface area contributed by atoms with Crippen molar-refractivity contribution in [2.24, 2.45) is 0 Å². The summed E-state index contributed by atoms with van der Waals surface area (Å²) >= 11 is 0. The molecule has 0 saturated heterocycles. The lowest BCUT2D eigenvalue weighted by Gasteiger charge is -2.06. The molecule has 0 aromatic heterocycles. The lowest BCUT2D eigenvalue weighted by atomic mass is 10.0. The summed E-state index contributed by atoms with van der Waals surface area (Å²) in [7, 11) is 2.76. The Bertz CT molecular complexity index is 251. The van der Waals surface area contributed by atoms with Crippen LogP contribution in [0.25, 0.3) is 0 Å². The van der Waals surface area contributed by atoms with Gasteiger partial charge in [0.25, 0.3) is 0 Å². The predicted molar refractivity (Wildman–Crippen MR) is 60.9 cm³/mol. The van der Waals surface area contributed by atoms with Crippen LogP contribution in [0.3, 0.4) is 0 Å². The Kier molecular flexibility index (Phi) is 7.25. The number of esters is 2. The molecule has 92 valence electrons. The molecule has 0 unspecified atom stereocenters. The van der Waals surface area contributed by atoms with Crippen LogP contribution in [-0.4, -0.2) is 26.2 Å². The molecule has 0 amide bonds. The van der Waals surface area contributed by atoms with E-state index in [0.717, 1.165) is 11.1 Å². The standard InChI is InChI=1S/C12H20O4/c1-9(5-7-11(13)15-3)10(2)6-8-12(14)16-4/h5-8H2,1-4H3/b10-9+. The summed E-state index contributed by atoms with van der Waals surface area (Å²) in [5.41, 5.74) is 2.27. The second-order valence-electron chi connectivity index (χ2n) is 3.71. The lowest BCUT2D eigenvalue weighted by Crippen LogP contribution is -2.02. The quantitative estimate of drug-likeness (QED) is 0.516. The van der Waals surface area contributed by atoms with Crippen LogP contribution in [0.4, 0.5) is 0 Å². The zero-order chi connectivity index (χ0) is 12.6. The highest BCUT2D eigenvalue weighted by atomic mass is 16.5. The Morgan fingerprint density at radius 2 is 1.06 bits per heavy atom. The lowest BCUT2D eigenvalue weighted by molar-refractivity contribution is -0.141. The fourth-order valence-corrected chi connectivity index (χ4v) is 1.21. The molecule has 0 rings (SSSR count). The molecular formula is C12H20O4. The largest absolute Gasteiger partial charge is 0.469 e. The molecule has 4 heteroatoms. The fourth-order valence-electron chi connectivity index (χ4n) is 1.21. The number of hydrogen-bond donors (Lipinski definition) is 0. The number of carbonyl (C=O) groups is 2. The highest BCUT2D eigenvalue weighted by Gasteiger charge is 2.05. The molecule has 0 aliphatic heterocycles. The first-order valence-corrected chi connectivity index (χ1v) is 5.30. The third kappa shape index (κ3) is 6.22. The van der Waals surface area contributed by atoms with Crippen LogP contribution >= 0.6 is 0 Å². The minimum Gasteiger partial charge on any atom is -0.469 e. The Morgan fingerprint density at radius 3 is 1.31 bits per heavy atom. The summed E-state index contributed by atoms with van der Waals surface area (Å²) in [6.07, 6.45) is 2.13. The number of allylic oxidation sites excluding steroid dienone is 2. The van der Waals surface area contributed by atoms with Crippen LogP contribution < -0.4 is 0 Å². The second kappa shape index (κ2) is 7.91. The first kappa shape index (κ1) is 14.7. The van der Waals surface area contributed by atoms with Crippen LogP contribution in [0.5, 0.6) is 0 Å². The molecule has 0 aliphatic carbocycles. The highest BCUT2D eigenvalue weighted by molar-refractivity contribution is 5.70. The Labute approximate surface area is 96.6 Å². The van der Waals surface area contributed by atoms with Crippen LogP contribution in [0.15, 0.2) is 11.1 Å². The van der Waals surface area contributed by atoms with Crippen molar-refractivity contribution < 1.29 is 19.1 Å². The van der Waals surface area contributed by atoms with Gasteiger partial charge in [0.2, 0.25) is 0 Å². The molecule has 0 spiro atoms. The van der Waals surface area contributed by atoms with E-state index < -0.39 is 0 Å². The van der Waals surface area contributed by atoms with Crippen molar-refractivity contribution in [3.8, 4) is 0 Å². The smallest absolute Gasteiger partial charge is 0.305 e. The molecule has 0 fully saturated rings. The van der Waals surface area contributed by atoms with Gasteiger partial charge in [-0.3, -0.25) is 9.59 Å². The molecule has 0 aliphatic rings. The first-order chi connectivity index (χ1) is 7.51. The highest BCUT2D eigenvalue weighted by Crippen LogP contribution is 2.15. The fraction of sp³-hybridized carbons (Fsp3) is 0.667. The maximum absolute atomic E-state index is 10.9. The van der Waals surface area contributed by atoms with Gasteiger partial charge in [-0.15, -0.1) is 0 Å². The van der Waals surface area contributed by atoms with E-state index in [1.54, 1.807) is 0 Å². The average molecular weight is 228 g/mol. The molecule has 0 radical (unpaired) electrons. The Hall–Kier alpha value is -1.32. The number of hydrogen-bond acceptors (Lipinski definition) is 4. The topological polar surface area (TPSA) is 52.6 Å². The van der Waals surface area contributed by atoms with Crippen LogP contribution in [0.2, 0.25) is 0 Å². The van der Waals surface area contributed by atoms with Crippen LogP contribution in [0.1, 0.15) is 39.5 Å². The summed E-state index contributed by atoms with van der Waals surface area (Å²) in [4.78, 5) is 21.9. The van der Waals surface area contributed by atoms with Gasteiger partial charge in [-0.2, -0.15) is 0 Å². The van der Waals surface area contributed by atoms with Gasteiger partial charge in [0, 0.05) is 12.8 Å². The van der Waals surface area contributed by atoms with Crippen molar-refractivity contribution >= 4 is 11.9 Å². The van der Waals surface area contributed by atoms with Crippen molar-refractivity contribution in [3.63, 3.8) is 0 Å². The van der Waals surface area contributed by atoms with Crippen molar-refractivity contribution in [2.75, 3.05) is 14.2 Å². The minimum atomic E-state index is -0.208. The monoisotopic (exact) mass is 228 g/mol. The normalized spacial score (nSPS) is 11.8. The van der Waals surface area contributed by atoms with Gasteiger partial charge < -0.3 is 9.47 Å². The van der Waals surface area contributed by atoms with E-state index in [1.165, 1.54) is 14.2 Å². The molecule has 16 heavy (non-hydrogen) atoms. The van der Waals surface area contributed by atoms with E-state index in [4.69, 9.17) is 0 Å². The van der Waals surface area contributed by atoms with Crippen molar-refractivity contribution in [1.29, 1.82) is 0 Å². The number of methoxy groups -OCH3 is 2. The van der Waals surface area contributed by atoms with Crippen molar-refractivity contribution in [3.05, 3.63) is 11.1 Å².